The van der Waals surface area contributed by atoms with E-state index >= 15 is 0 Å². The van der Waals surface area contributed by atoms with E-state index in [1.807, 2.05) is 0 Å². The molecule has 0 saturated carbocycles. The van der Waals surface area contributed by atoms with Crippen molar-refractivity contribution in [2.75, 3.05) is 0 Å². The van der Waals surface area contributed by atoms with Gasteiger partial charge in [0.1, 0.15) is 0 Å². The van der Waals surface area contributed by atoms with Gasteiger partial charge in [0.15, 0.2) is 5.84 Å². The maximum atomic E-state index is 5.01. The summed E-state index contributed by atoms with van der Waals surface area (Å²) >= 11 is 0. The van der Waals surface area contributed by atoms with Gasteiger partial charge in [-0.15, -0.1) is 10.2 Å². The second-order valence-corrected chi connectivity index (χ2v) is 1.57. The Morgan fingerprint density at radius 1 is 1.78 bits per heavy atom. The molecule has 50 valence electrons. The first-order chi connectivity index (χ1) is 4.33. The van der Waals surface area contributed by atoms with Crippen LogP contribution in [0, 0.1) is 0 Å². The van der Waals surface area contributed by atoms with E-state index < -0.39 is 0 Å². The summed E-state index contributed by atoms with van der Waals surface area (Å²) in [5.74, 6) is 5.61. The molecule has 1 aliphatic rings. The van der Waals surface area contributed by atoms with Crippen molar-refractivity contribution in [3.63, 3.8) is 0 Å². The molecule has 9 heavy (non-hydrogen) atoms. The average molecular weight is 130 g/mol. The van der Waals surface area contributed by atoms with Crippen molar-refractivity contribution in [2.24, 2.45) is 21.2 Å². The standard InChI is InChI=1S/C3H8N6/c1-2-6-8-3(5-4)9-7-2/h3,5,8H,4H2,1H3/i4+1,5+1. The van der Waals surface area contributed by atoms with Crippen LogP contribution in [0.1, 0.15) is 6.92 Å². The van der Waals surface area contributed by atoms with E-state index in [1.54, 1.807) is 6.92 Å². The molecule has 1 aliphatic heterocycles. The summed E-state index contributed by atoms with van der Waals surface area (Å²) in [5, 5.41) is 11.1. The van der Waals surface area contributed by atoms with Crippen LogP contribution >= 0.6 is 0 Å². The SMILES string of the molecule is CC1=NNC([15NH][15NH2])N=N1. The number of hydrazone groups is 1. The molecule has 4 N–H and O–H groups in total. The minimum atomic E-state index is -0.381. The second-order valence-electron chi connectivity index (χ2n) is 1.57. The number of azo groups is 1. The first kappa shape index (κ1) is 6.12. The Balaban J connectivity index is 2.48. The molecule has 0 aromatic rings. The van der Waals surface area contributed by atoms with Crippen LogP contribution in [0.3, 0.4) is 0 Å². The van der Waals surface area contributed by atoms with Gasteiger partial charge >= 0.3 is 0 Å². The van der Waals surface area contributed by atoms with Crippen molar-refractivity contribution < 1.29 is 0 Å². The summed E-state index contributed by atoms with van der Waals surface area (Å²) in [4.78, 5) is 0. The zero-order valence-corrected chi connectivity index (χ0v) is 5.00. The van der Waals surface area contributed by atoms with Crippen molar-refractivity contribution in [2.45, 2.75) is 13.2 Å². The summed E-state index contributed by atoms with van der Waals surface area (Å²) < 4.78 is 0. The quantitative estimate of drug-likeness (QED) is 0.245. The number of rotatable bonds is 1. The minimum Gasteiger partial charge on any atom is -0.268 e. The van der Waals surface area contributed by atoms with E-state index in [2.05, 4.69) is 26.2 Å². The fourth-order valence-corrected chi connectivity index (χ4v) is 0.415. The summed E-state index contributed by atoms with van der Waals surface area (Å²) in [6.45, 7) is 1.74. The first-order valence-corrected chi connectivity index (χ1v) is 2.50. The molecular weight excluding hydrogens is 122 g/mol. The monoisotopic (exact) mass is 130 g/mol. The van der Waals surface area contributed by atoms with E-state index in [0.717, 1.165) is 0 Å². The van der Waals surface area contributed by atoms with Gasteiger partial charge in [0.05, 0.1) is 0 Å². The molecule has 0 fully saturated rings. The van der Waals surface area contributed by atoms with Gasteiger partial charge in [0, 0.05) is 0 Å². The van der Waals surface area contributed by atoms with Crippen molar-refractivity contribution in [3.8, 4) is 0 Å². The third kappa shape index (κ3) is 1.44. The molecule has 0 aromatic heterocycles. The smallest absolute Gasteiger partial charge is 0.220 e. The Morgan fingerprint density at radius 2 is 2.56 bits per heavy atom. The van der Waals surface area contributed by atoms with E-state index in [9.17, 15) is 0 Å². The number of nitrogens with two attached hydrogens (primary N) is 1. The third-order valence-corrected chi connectivity index (χ3v) is 0.824. The van der Waals surface area contributed by atoms with Crippen LogP contribution in [0.2, 0.25) is 0 Å². The Hall–Kier alpha value is -1.01. The Kier molecular flexibility index (Phi) is 1.71. The molecule has 0 aromatic carbocycles. The predicted octanol–water partition coefficient (Wildman–Crippen LogP) is -0.878. The molecule has 0 saturated heterocycles. The highest BCUT2D eigenvalue weighted by Gasteiger charge is 2.04. The maximum Gasteiger partial charge on any atom is 0.220 e. The molecular formula is C3H8N6. The van der Waals surface area contributed by atoms with Crippen LogP contribution in [-0.4, -0.2) is 12.1 Å². The zero-order chi connectivity index (χ0) is 6.69. The van der Waals surface area contributed by atoms with Crippen molar-refractivity contribution >= 4 is 5.84 Å². The third-order valence-electron chi connectivity index (χ3n) is 0.824. The molecule has 1 atom stereocenters. The van der Waals surface area contributed by atoms with Gasteiger partial charge in [-0.25, -0.2) is 5.43 Å². The number of nitrogens with one attached hydrogen (secondary N) is 2. The fourth-order valence-electron chi connectivity index (χ4n) is 0.415. The molecule has 0 bridgehead atoms. The minimum absolute atomic E-state index is 0.381. The van der Waals surface area contributed by atoms with Gasteiger partial charge in [-0.3, -0.25) is 11.3 Å². The molecule has 0 amide bonds. The van der Waals surface area contributed by atoms with Crippen molar-refractivity contribution in [3.05, 3.63) is 0 Å². The highest BCUT2D eigenvalue weighted by Crippen LogP contribution is 1.90. The van der Waals surface area contributed by atoms with E-state index in [1.165, 1.54) is 0 Å². The number of amidine groups is 1. The fraction of sp³-hybridized carbons (Fsp3) is 0.667. The second kappa shape index (κ2) is 2.51. The zero-order valence-electron chi connectivity index (χ0n) is 5.00. The van der Waals surface area contributed by atoms with Crippen LogP contribution in [-0.2, 0) is 0 Å². The van der Waals surface area contributed by atoms with Crippen LogP contribution in [0.15, 0.2) is 15.3 Å². The summed E-state index contributed by atoms with van der Waals surface area (Å²) in [7, 11) is 0. The lowest BCUT2D eigenvalue weighted by Crippen LogP contribution is -2.43. The Bertz CT molecular complexity index is 148. The van der Waals surface area contributed by atoms with E-state index in [-0.39, 0.29) is 6.29 Å². The summed E-state index contributed by atoms with van der Waals surface area (Å²) in [6, 6.07) is 0. The highest BCUT2D eigenvalue weighted by atomic mass is 16.2. The number of hydrazine groups is 1. The lowest BCUT2D eigenvalue weighted by molar-refractivity contribution is 0.435. The molecule has 0 radical (unpaired) electrons. The average Bonchev–Trinajstić information content (AvgIpc) is 1.90. The summed E-state index contributed by atoms with van der Waals surface area (Å²) in [6.07, 6.45) is -0.381. The molecule has 6 nitrogen and oxygen atoms in total. The molecule has 1 unspecified atom stereocenters. The van der Waals surface area contributed by atoms with Crippen LogP contribution < -0.4 is 16.7 Å². The number of nitrogens with zero attached hydrogens (tertiary/aromatic N) is 3. The van der Waals surface area contributed by atoms with Gasteiger partial charge in [-0.05, 0) is 6.92 Å². The van der Waals surface area contributed by atoms with Gasteiger partial charge < -0.3 is 0 Å². The Morgan fingerprint density at radius 3 is 3.00 bits per heavy atom. The molecule has 1 rings (SSSR count). The van der Waals surface area contributed by atoms with Gasteiger partial charge in [0.2, 0.25) is 6.29 Å². The van der Waals surface area contributed by atoms with Crippen molar-refractivity contribution in [1.29, 1.82) is 0 Å². The maximum absolute atomic E-state index is 5.01. The first-order valence-electron chi connectivity index (χ1n) is 2.50. The number of hydrogen-bond acceptors (Lipinski definition) is 6. The van der Waals surface area contributed by atoms with E-state index in [4.69, 9.17) is 5.84 Å². The normalized spacial score (nSPS) is 25.1. The molecule has 0 aliphatic carbocycles. The van der Waals surface area contributed by atoms with Gasteiger partial charge in [-0.1, -0.05) is 0 Å². The lowest BCUT2D eigenvalue weighted by Gasteiger charge is -2.11. The van der Waals surface area contributed by atoms with E-state index in [0.29, 0.717) is 5.84 Å². The Labute approximate surface area is 52.2 Å². The van der Waals surface area contributed by atoms with Crippen LogP contribution in [0.25, 0.3) is 0 Å². The largest absolute Gasteiger partial charge is 0.268 e. The molecule has 6 heteroatoms. The lowest BCUT2D eigenvalue weighted by atomic mass is 10.7. The van der Waals surface area contributed by atoms with Crippen LogP contribution in [0.5, 0.6) is 0 Å². The van der Waals surface area contributed by atoms with Gasteiger partial charge in [0.25, 0.3) is 0 Å². The van der Waals surface area contributed by atoms with Crippen LogP contribution in [0.4, 0.5) is 0 Å². The predicted molar refractivity (Wildman–Crippen MR) is 32.2 cm³/mol. The molecule has 1 heterocycles. The molecule has 0 spiro atoms. The highest BCUT2D eigenvalue weighted by molar-refractivity contribution is 5.79. The topological polar surface area (TPSA) is 87.2 Å². The number of hydrogen-bond donors (Lipinski definition) is 3. The summed E-state index contributed by atoms with van der Waals surface area (Å²) in [5.41, 5.74) is 4.96. The van der Waals surface area contributed by atoms with Gasteiger partial charge in [-0.2, -0.15) is 5.10 Å². The van der Waals surface area contributed by atoms with Crippen molar-refractivity contribution in [1.82, 2.24) is 10.9 Å².